The molecule has 6 heteroatoms. The van der Waals surface area contributed by atoms with Gasteiger partial charge >= 0.3 is 0 Å². The van der Waals surface area contributed by atoms with Crippen molar-refractivity contribution >= 4 is 28.9 Å². The summed E-state index contributed by atoms with van der Waals surface area (Å²) in [6.45, 7) is 1.71. The second kappa shape index (κ2) is 6.18. The van der Waals surface area contributed by atoms with Crippen LogP contribution in [0.2, 0.25) is 10.0 Å². The topological polar surface area (TPSA) is 25.4 Å². The van der Waals surface area contributed by atoms with Crippen LogP contribution >= 0.6 is 23.2 Å². The summed E-state index contributed by atoms with van der Waals surface area (Å²) in [5.41, 5.74) is 1.47. The van der Waals surface area contributed by atoms with Crippen LogP contribution in [0.25, 0.3) is 0 Å². The molecule has 1 unspecified atom stereocenters. The molecule has 1 aromatic carbocycles. The van der Waals surface area contributed by atoms with E-state index in [-0.39, 0.29) is 11.9 Å². The maximum absolute atomic E-state index is 13.8. The van der Waals surface area contributed by atoms with E-state index in [2.05, 4.69) is 4.98 Å². The number of benzene rings is 1. The van der Waals surface area contributed by atoms with Crippen LogP contribution < -0.4 is 4.90 Å². The lowest BCUT2D eigenvalue weighted by atomic mass is 10.1. The van der Waals surface area contributed by atoms with Crippen LogP contribution in [0.15, 0.2) is 36.7 Å². The molecule has 1 aliphatic heterocycles. The van der Waals surface area contributed by atoms with E-state index in [9.17, 15) is 4.39 Å². The van der Waals surface area contributed by atoms with E-state index in [0.717, 1.165) is 5.56 Å². The Hall–Kier alpha value is -1.36. The molecule has 110 valence electrons. The Bertz CT molecular complexity index is 653. The molecule has 2 heterocycles. The number of hydrogen-bond donors (Lipinski definition) is 0. The van der Waals surface area contributed by atoms with E-state index in [1.807, 2.05) is 11.0 Å². The summed E-state index contributed by atoms with van der Waals surface area (Å²) in [6.07, 6.45) is 2.64. The summed E-state index contributed by atoms with van der Waals surface area (Å²) in [7, 11) is 0. The predicted molar refractivity (Wildman–Crippen MR) is 81.6 cm³/mol. The molecule has 3 nitrogen and oxygen atoms in total. The van der Waals surface area contributed by atoms with Crippen LogP contribution in [0.1, 0.15) is 11.7 Å². The van der Waals surface area contributed by atoms with Gasteiger partial charge in [-0.1, -0.05) is 29.3 Å². The van der Waals surface area contributed by atoms with E-state index < -0.39 is 0 Å². The van der Waals surface area contributed by atoms with Crippen molar-refractivity contribution in [3.05, 3.63) is 58.1 Å². The van der Waals surface area contributed by atoms with E-state index in [1.54, 1.807) is 24.4 Å². The number of rotatable bonds is 2. The number of nitrogens with zero attached hydrogens (tertiary/aromatic N) is 2. The van der Waals surface area contributed by atoms with Gasteiger partial charge < -0.3 is 9.64 Å². The first-order valence-corrected chi connectivity index (χ1v) is 7.32. The lowest BCUT2D eigenvalue weighted by Crippen LogP contribution is -2.38. The summed E-state index contributed by atoms with van der Waals surface area (Å²) in [6, 6.07) is 7.09. The lowest BCUT2D eigenvalue weighted by molar-refractivity contribution is 0.0396. The Balaban J connectivity index is 1.83. The van der Waals surface area contributed by atoms with E-state index in [1.165, 1.54) is 6.20 Å². The fraction of sp³-hybridized carbons (Fsp3) is 0.267. The minimum atomic E-state index is -0.327. The quantitative estimate of drug-likeness (QED) is 0.830. The normalized spacial score (nSPS) is 18.8. The molecule has 0 radical (unpaired) electrons. The van der Waals surface area contributed by atoms with Gasteiger partial charge in [-0.15, -0.1) is 0 Å². The fourth-order valence-corrected chi connectivity index (χ4v) is 2.71. The van der Waals surface area contributed by atoms with Crippen molar-refractivity contribution in [2.45, 2.75) is 6.10 Å². The molecule has 0 N–H and O–H groups in total. The van der Waals surface area contributed by atoms with Crippen LogP contribution in [0.5, 0.6) is 0 Å². The third-order valence-electron chi connectivity index (χ3n) is 3.47. The molecular formula is C15H13Cl2FN2O. The van der Waals surface area contributed by atoms with Crippen molar-refractivity contribution in [1.82, 2.24) is 4.98 Å². The SMILES string of the molecule is Fc1cnccc1N1CCOC(c2ccc(Cl)c(Cl)c2)C1. The predicted octanol–water partition coefficient (Wildman–Crippen LogP) is 4.11. The van der Waals surface area contributed by atoms with Crippen LogP contribution in [-0.2, 0) is 4.74 Å². The highest BCUT2D eigenvalue weighted by molar-refractivity contribution is 6.42. The number of halogens is 3. The molecule has 1 saturated heterocycles. The zero-order chi connectivity index (χ0) is 14.8. The number of aromatic nitrogens is 1. The van der Waals surface area contributed by atoms with Gasteiger partial charge in [0.05, 0.1) is 28.5 Å². The van der Waals surface area contributed by atoms with Gasteiger partial charge in [0, 0.05) is 19.3 Å². The monoisotopic (exact) mass is 326 g/mol. The minimum absolute atomic E-state index is 0.166. The number of ether oxygens (including phenoxy) is 1. The van der Waals surface area contributed by atoms with Gasteiger partial charge in [-0.25, -0.2) is 4.39 Å². The highest BCUT2D eigenvalue weighted by Gasteiger charge is 2.24. The maximum Gasteiger partial charge on any atom is 0.164 e. The second-order valence-electron chi connectivity index (χ2n) is 4.81. The average Bonchev–Trinajstić information content (AvgIpc) is 2.51. The van der Waals surface area contributed by atoms with Gasteiger partial charge in [0.1, 0.15) is 6.10 Å². The third kappa shape index (κ3) is 3.12. The highest BCUT2D eigenvalue weighted by Crippen LogP contribution is 2.31. The largest absolute Gasteiger partial charge is 0.370 e. The zero-order valence-corrected chi connectivity index (χ0v) is 12.6. The zero-order valence-electron chi connectivity index (χ0n) is 11.1. The van der Waals surface area contributed by atoms with Gasteiger partial charge in [0.25, 0.3) is 0 Å². The molecule has 1 aliphatic rings. The van der Waals surface area contributed by atoms with E-state index in [0.29, 0.717) is 35.4 Å². The molecule has 1 aromatic heterocycles. The van der Waals surface area contributed by atoms with Crippen molar-refractivity contribution in [2.24, 2.45) is 0 Å². The van der Waals surface area contributed by atoms with Gasteiger partial charge in [0.2, 0.25) is 0 Å². The Morgan fingerprint density at radius 3 is 2.86 bits per heavy atom. The van der Waals surface area contributed by atoms with E-state index >= 15 is 0 Å². The van der Waals surface area contributed by atoms with Crippen molar-refractivity contribution < 1.29 is 9.13 Å². The van der Waals surface area contributed by atoms with Crippen LogP contribution in [0.3, 0.4) is 0 Å². The van der Waals surface area contributed by atoms with Crippen LogP contribution in [0, 0.1) is 5.82 Å². The highest BCUT2D eigenvalue weighted by atomic mass is 35.5. The maximum atomic E-state index is 13.8. The molecule has 0 aliphatic carbocycles. The minimum Gasteiger partial charge on any atom is -0.370 e. The van der Waals surface area contributed by atoms with Crippen molar-refractivity contribution in [3.63, 3.8) is 0 Å². The first kappa shape index (κ1) is 14.6. The number of hydrogen-bond acceptors (Lipinski definition) is 3. The molecule has 0 saturated carbocycles. The number of anilines is 1. The Morgan fingerprint density at radius 1 is 1.24 bits per heavy atom. The Labute approximate surface area is 132 Å². The summed E-state index contributed by atoms with van der Waals surface area (Å²) >= 11 is 12.0. The summed E-state index contributed by atoms with van der Waals surface area (Å²) < 4.78 is 19.6. The molecule has 1 fully saturated rings. The second-order valence-corrected chi connectivity index (χ2v) is 5.62. The van der Waals surface area contributed by atoms with Crippen molar-refractivity contribution in [3.8, 4) is 0 Å². The lowest BCUT2D eigenvalue weighted by Gasteiger charge is -2.34. The summed E-state index contributed by atoms with van der Waals surface area (Å²) in [5, 5.41) is 0.998. The molecule has 3 rings (SSSR count). The van der Waals surface area contributed by atoms with Crippen LogP contribution in [-0.4, -0.2) is 24.7 Å². The van der Waals surface area contributed by atoms with Gasteiger partial charge in [0.15, 0.2) is 5.82 Å². The molecular weight excluding hydrogens is 314 g/mol. The standard InChI is InChI=1S/C15H13Cl2FN2O/c16-11-2-1-10(7-12(11)17)15-9-20(5-6-21-15)14-3-4-19-8-13(14)18/h1-4,7-8,15H,5-6,9H2. The van der Waals surface area contributed by atoms with Crippen LogP contribution in [0.4, 0.5) is 10.1 Å². The Kier molecular flexibility index (Phi) is 4.29. The molecule has 21 heavy (non-hydrogen) atoms. The van der Waals surface area contributed by atoms with Gasteiger partial charge in [-0.2, -0.15) is 0 Å². The number of morpholine rings is 1. The summed E-state index contributed by atoms with van der Waals surface area (Å²) in [5.74, 6) is -0.327. The summed E-state index contributed by atoms with van der Waals surface area (Å²) in [4.78, 5) is 5.73. The first-order valence-electron chi connectivity index (χ1n) is 6.56. The van der Waals surface area contributed by atoms with Crippen molar-refractivity contribution in [1.29, 1.82) is 0 Å². The Morgan fingerprint density at radius 2 is 2.10 bits per heavy atom. The van der Waals surface area contributed by atoms with Gasteiger partial charge in [-0.05, 0) is 23.8 Å². The third-order valence-corrected chi connectivity index (χ3v) is 4.21. The average molecular weight is 327 g/mol. The van der Waals surface area contributed by atoms with Gasteiger partial charge in [-0.3, -0.25) is 4.98 Å². The first-order chi connectivity index (χ1) is 10.1. The van der Waals surface area contributed by atoms with Crippen molar-refractivity contribution in [2.75, 3.05) is 24.6 Å². The molecule has 2 aromatic rings. The fourth-order valence-electron chi connectivity index (χ4n) is 2.41. The molecule has 0 spiro atoms. The molecule has 1 atom stereocenters. The molecule has 0 bridgehead atoms. The smallest absolute Gasteiger partial charge is 0.164 e. The molecule has 0 amide bonds. The van der Waals surface area contributed by atoms with E-state index in [4.69, 9.17) is 27.9 Å². The number of pyridine rings is 1.